The van der Waals surface area contributed by atoms with Crippen molar-refractivity contribution < 1.29 is 22.7 Å². The van der Waals surface area contributed by atoms with Crippen molar-refractivity contribution in [2.24, 2.45) is 0 Å². The van der Waals surface area contributed by atoms with Crippen molar-refractivity contribution in [3.63, 3.8) is 0 Å². The smallest absolute Gasteiger partial charge is 0.339 e. The van der Waals surface area contributed by atoms with Crippen LogP contribution in [-0.2, 0) is 14.8 Å². The van der Waals surface area contributed by atoms with Crippen molar-refractivity contribution >= 4 is 27.6 Å². The number of halogens is 1. The van der Waals surface area contributed by atoms with Crippen LogP contribution >= 0.6 is 11.6 Å². The van der Waals surface area contributed by atoms with Gasteiger partial charge in [-0.3, -0.25) is 0 Å². The number of nitrogens with one attached hydrogen (secondary N) is 1. The zero-order valence-corrected chi connectivity index (χ0v) is 18.9. The first-order valence-electron chi connectivity index (χ1n) is 9.10. The molecule has 1 atom stereocenters. The molecule has 8 heteroatoms. The van der Waals surface area contributed by atoms with Gasteiger partial charge in [0.15, 0.2) is 0 Å². The summed E-state index contributed by atoms with van der Waals surface area (Å²) < 4.78 is 38.6. The minimum absolute atomic E-state index is 0.00702. The molecule has 158 valence electrons. The zero-order valence-electron chi connectivity index (χ0n) is 17.4. The Morgan fingerprint density at radius 1 is 1.07 bits per heavy atom. The van der Waals surface area contributed by atoms with E-state index in [1.165, 1.54) is 25.3 Å². The molecule has 0 bridgehead atoms. The van der Waals surface area contributed by atoms with Crippen molar-refractivity contribution in [2.45, 2.75) is 44.6 Å². The molecule has 1 unspecified atom stereocenters. The van der Waals surface area contributed by atoms with Gasteiger partial charge in [0.25, 0.3) is 0 Å². The second-order valence-electron chi connectivity index (χ2n) is 7.08. The number of carbonyl (C=O) groups is 1. The van der Waals surface area contributed by atoms with Crippen molar-refractivity contribution in [2.75, 3.05) is 14.2 Å². The van der Waals surface area contributed by atoms with Crippen LogP contribution in [0, 0.1) is 6.92 Å². The number of rotatable bonds is 7. The zero-order chi connectivity index (χ0) is 21.9. The highest BCUT2D eigenvalue weighted by molar-refractivity contribution is 7.89. The predicted molar refractivity (Wildman–Crippen MR) is 113 cm³/mol. The molecule has 0 radical (unpaired) electrons. The van der Waals surface area contributed by atoms with E-state index in [2.05, 4.69) is 9.46 Å². The van der Waals surface area contributed by atoms with E-state index >= 15 is 0 Å². The fraction of sp³-hybridized carbons (Fsp3) is 0.381. The number of ether oxygens (including phenoxy) is 2. The van der Waals surface area contributed by atoms with Gasteiger partial charge in [0.1, 0.15) is 5.75 Å². The summed E-state index contributed by atoms with van der Waals surface area (Å²) in [7, 11) is -1.08. The van der Waals surface area contributed by atoms with Gasteiger partial charge in [0.2, 0.25) is 10.0 Å². The Balaban J connectivity index is 2.41. The van der Waals surface area contributed by atoms with Gasteiger partial charge in [-0.25, -0.2) is 17.9 Å². The van der Waals surface area contributed by atoms with Gasteiger partial charge < -0.3 is 9.47 Å². The summed E-state index contributed by atoms with van der Waals surface area (Å²) in [5.41, 5.74) is 2.75. The van der Waals surface area contributed by atoms with E-state index in [9.17, 15) is 13.2 Å². The third-order valence-electron chi connectivity index (χ3n) is 4.69. The highest BCUT2D eigenvalue weighted by Gasteiger charge is 2.23. The number of esters is 1. The molecule has 2 rings (SSSR count). The molecule has 29 heavy (non-hydrogen) atoms. The minimum Gasteiger partial charge on any atom is -0.496 e. The quantitative estimate of drug-likeness (QED) is 0.637. The number of aryl methyl sites for hydroxylation is 1. The van der Waals surface area contributed by atoms with Crippen LogP contribution in [0.4, 0.5) is 0 Å². The maximum absolute atomic E-state index is 12.9. The normalized spacial score (nSPS) is 12.7. The highest BCUT2D eigenvalue weighted by atomic mass is 35.5. The molecule has 2 aromatic carbocycles. The lowest BCUT2D eigenvalue weighted by atomic mass is 9.94. The molecule has 2 aromatic rings. The van der Waals surface area contributed by atoms with Crippen LogP contribution in [0.1, 0.15) is 59.8 Å². The molecule has 0 saturated heterocycles. The van der Waals surface area contributed by atoms with Crippen LogP contribution in [0.3, 0.4) is 0 Å². The molecule has 0 saturated carbocycles. The van der Waals surface area contributed by atoms with Crippen molar-refractivity contribution in [3.8, 4) is 5.75 Å². The molecule has 0 fully saturated rings. The fourth-order valence-electron chi connectivity index (χ4n) is 3.11. The molecule has 0 aliphatic rings. The Labute approximate surface area is 177 Å². The van der Waals surface area contributed by atoms with Crippen LogP contribution in [0.2, 0.25) is 5.02 Å². The van der Waals surface area contributed by atoms with Crippen LogP contribution in [0.25, 0.3) is 0 Å². The van der Waals surface area contributed by atoms with Gasteiger partial charge in [-0.15, -0.1) is 0 Å². The molecule has 0 aromatic heterocycles. The minimum atomic E-state index is -3.90. The number of hydrogen-bond acceptors (Lipinski definition) is 5. The summed E-state index contributed by atoms with van der Waals surface area (Å²) in [6.07, 6.45) is 0. The maximum atomic E-state index is 12.9. The summed E-state index contributed by atoms with van der Waals surface area (Å²) in [5, 5.41) is 0.122. The summed E-state index contributed by atoms with van der Waals surface area (Å²) >= 11 is 5.99. The first kappa shape index (κ1) is 23.2. The third-order valence-corrected chi connectivity index (χ3v) is 6.56. The van der Waals surface area contributed by atoms with Gasteiger partial charge in [0.05, 0.1) is 29.7 Å². The topological polar surface area (TPSA) is 81.7 Å². The average Bonchev–Trinajstić information content (AvgIpc) is 2.66. The van der Waals surface area contributed by atoms with Crippen molar-refractivity contribution in [3.05, 3.63) is 57.6 Å². The molecule has 0 heterocycles. The molecule has 0 amide bonds. The number of sulfonamides is 1. The Morgan fingerprint density at radius 2 is 1.72 bits per heavy atom. The first-order chi connectivity index (χ1) is 13.5. The van der Waals surface area contributed by atoms with E-state index in [1.807, 2.05) is 32.9 Å². The van der Waals surface area contributed by atoms with E-state index in [1.54, 1.807) is 14.0 Å². The number of benzene rings is 2. The first-order valence-corrected chi connectivity index (χ1v) is 11.0. The summed E-state index contributed by atoms with van der Waals surface area (Å²) in [6.45, 7) is 7.78. The molecule has 0 aliphatic carbocycles. The molecule has 0 spiro atoms. The lowest BCUT2D eigenvalue weighted by Gasteiger charge is -2.21. The second kappa shape index (κ2) is 9.15. The lowest BCUT2D eigenvalue weighted by Crippen LogP contribution is -2.27. The van der Waals surface area contributed by atoms with E-state index in [0.29, 0.717) is 0 Å². The standard InChI is InChI=1S/C21H26ClNO5S/c1-12(2)16-11-17(13(3)9-20(16)27-5)14(4)23-29(25,26)15-7-8-19(22)18(10-15)21(24)28-6/h7-12,14,23H,1-6H3. The van der Waals surface area contributed by atoms with Gasteiger partial charge in [-0.05, 0) is 66.8 Å². The Bertz CT molecular complexity index is 1020. The van der Waals surface area contributed by atoms with Gasteiger partial charge in [-0.1, -0.05) is 25.4 Å². The molecule has 6 nitrogen and oxygen atoms in total. The predicted octanol–water partition coefficient (Wildman–Crippen LogP) is 4.61. The molecule has 1 N–H and O–H groups in total. The second-order valence-corrected chi connectivity index (χ2v) is 9.20. The van der Waals surface area contributed by atoms with Gasteiger partial charge in [-0.2, -0.15) is 0 Å². The summed E-state index contributed by atoms with van der Waals surface area (Å²) in [6, 6.07) is 7.30. The largest absolute Gasteiger partial charge is 0.496 e. The number of carbonyl (C=O) groups excluding carboxylic acids is 1. The van der Waals surface area contributed by atoms with Crippen LogP contribution in [-0.4, -0.2) is 28.6 Å². The van der Waals surface area contributed by atoms with E-state index < -0.39 is 22.0 Å². The van der Waals surface area contributed by atoms with Crippen LogP contribution < -0.4 is 9.46 Å². The lowest BCUT2D eigenvalue weighted by molar-refractivity contribution is 0.0600. The molecular formula is C21H26ClNO5S. The van der Waals surface area contributed by atoms with Crippen molar-refractivity contribution in [1.82, 2.24) is 4.72 Å². The van der Waals surface area contributed by atoms with Crippen LogP contribution in [0.5, 0.6) is 5.75 Å². The van der Waals surface area contributed by atoms with E-state index in [-0.39, 0.29) is 21.4 Å². The molecule has 0 aliphatic heterocycles. The highest BCUT2D eigenvalue weighted by Crippen LogP contribution is 2.32. The maximum Gasteiger partial charge on any atom is 0.339 e. The van der Waals surface area contributed by atoms with E-state index in [0.717, 1.165) is 22.4 Å². The van der Waals surface area contributed by atoms with Gasteiger partial charge >= 0.3 is 5.97 Å². The number of hydrogen-bond donors (Lipinski definition) is 1. The fourth-order valence-corrected chi connectivity index (χ4v) is 4.56. The SMILES string of the molecule is COC(=O)c1cc(S(=O)(=O)NC(C)c2cc(C(C)C)c(OC)cc2C)ccc1Cl. The third kappa shape index (κ3) is 5.10. The summed E-state index contributed by atoms with van der Waals surface area (Å²) in [4.78, 5) is 11.8. The Kier molecular flexibility index (Phi) is 7.32. The van der Waals surface area contributed by atoms with Crippen molar-refractivity contribution in [1.29, 1.82) is 0 Å². The summed E-state index contributed by atoms with van der Waals surface area (Å²) in [5.74, 6) is 0.288. The van der Waals surface area contributed by atoms with E-state index in [4.69, 9.17) is 16.3 Å². The number of methoxy groups -OCH3 is 2. The van der Waals surface area contributed by atoms with Gasteiger partial charge in [0, 0.05) is 6.04 Å². The van der Waals surface area contributed by atoms with Crippen LogP contribution in [0.15, 0.2) is 35.2 Å². The Morgan fingerprint density at radius 3 is 2.28 bits per heavy atom. The Hall–Kier alpha value is -2.09. The molecular weight excluding hydrogens is 414 g/mol. The monoisotopic (exact) mass is 439 g/mol. The average molecular weight is 440 g/mol.